The van der Waals surface area contributed by atoms with Crippen LogP contribution in [0.2, 0.25) is 0 Å². The molecule has 0 saturated carbocycles. The average Bonchev–Trinajstić information content (AvgIpc) is 2.29. The Morgan fingerprint density at radius 3 is 2.11 bits per heavy atom. The molecule has 0 fully saturated rings. The van der Waals surface area contributed by atoms with Crippen molar-refractivity contribution in [3.05, 3.63) is 0 Å². The van der Waals surface area contributed by atoms with Crippen molar-refractivity contribution < 1.29 is 20.0 Å². The maximum Gasteiger partial charge on any atom is 0.223 e. The predicted octanol–water partition coefficient (Wildman–Crippen LogP) is 2.80. The van der Waals surface area contributed by atoms with Crippen molar-refractivity contribution in [1.29, 1.82) is 0 Å². The van der Waals surface area contributed by atoms with E-state index in [0.29, 0.717) is 0 Å². The molecule has 110 valence electrons. The molecular weight excluding hydrogens is 464 g/mol. The standard InChI is InChI=1S/C11H23NO4.I2/c1-7(6-16-15)8(2)10(13)12-9(3)11(4,5)14;1-2/h7-9,14-15H,6H2,1-5H3,(H,12,13);. The Labute approximate surface area is 132 Å². The summed E-state index contributed by atoms with van der Waals surface area (Å²) in [5.41, 5.74) is -0.952. The molecule has 0 bridgehead atoms. The van der Waals surface area contributed by atoms with E-state index < -0.39 is 5.60 Å². The quantitative estimate of drug-likeness (QED) is 0.306. The Hall–Kier alpha value is 0.810. The minimum absolute atomic E-state index is 0.0843. The lowest BCUT2D eigenvalue weighted by atomic mass is 9.94. The first-order valence-electron chi connectivity index (χ1n) is 5.63. The minimum atomic E-state index is -0.952. The number of hydrogen-bond donors (Lipinski definition) is 3. The van der Waals surface area contributed by atoms with Crippen molar-refractivity contribution in [2.75, 3.05) is 6.61 Å². The van der Waals surface area contributed by atoms with Crippen molar-refractivity contribution >= 4 is 43.1 Å². The molecule has 0 saturated heterocycles. The zero-order valence-corrected chi connectivity index (χ0v) is 15.7. The highest BCUT2D eigenvalue weighted by atomic mass is 128. The minimum Gasteiger partial charge on any atom is -0.388 e. The Morgan fingerprint density at radius 2 is 1.78 bits per heavy atom. The van der Waals surface area contributed by atoms with Crippen molar-refractivity contribution in [3.8, 4) is 0 Å². The molecule has 0 aliphatic rings. The number of halogens is 2. The normalized spacial score (nSPS) is 16.1. The molecule has 0 aromatic rings. The van der Waals surface area contributed by atoms with Gasteiger partial charge in [0.25, 0.3) is 0 Å². The number of hydrogen-bond acceptors (Lipinski definition) is 4. The molecule has 0 aliphatic carbocycles. The van der Waals surface area contributed by atoms with Crippen LogP contribution >= 0.6 is 37.2 Å². The number of nitrogens with one attached hydrogen (secondary N) is 1. The first-order chi connectivity index (χ1) is 8.20. The molecule has 0 aromatic carbocycles. The summed E-state index contributed by atoms with van der Waals surface area (Å²) >= 11 is 4.24. The third kappa shape index (κ3) is 8.83. The van der Waals surface area contributed by atoms with Crippen molar-refractivity contribution in [2.45, 2.75) is 46.3 Å². The van der Waals surface area contributed by atoms with E-state index in [1.165, 1.54) is 0 Å². The summed E-state index contributed by atoms with van der Waals surface area (Å²) in [5, 5.41) is 20.7. The fourth-order valence-electron chi connectivity index (χ4n) is 1.04. The summed E-state index contributed by atoms with van der Waals surface area (Å²) in [6, 6.07) is -0.329. The van der Waals surface area contributed by atoms with Crippen LogP contribution in [-0.2, 0) is 9.68 Å². The summed E-state index contributed by atoms with van der Waals surface area (Å²) in [4.78, 5) is 15.8. The molecule has 3 N–H and O–H groups in total. The smallest absolute Gasteiger partial charge is 0.223 e. The van der Waals surface area contributed by atoms with Crippen LogP contribution in [0.3, 0.4) is 0 Å². The topological polar surface area (TPSA) is 78.8 Å². The Morgan fingerprint density at radius 1 is 1.33 bits per heavy atom. The highest BCUT2D eigenvalue weighted by molar-refractivity contribution is 15.0. The van der Waals surface area contributed by atoms with Crippen molar-refractivity contribution in [2.24, 2.45) is 11.8 Å². The molecule has 7 heteroatoms. The molecule has 0 rings (SSSR count). The fraction of sp³-hybridized carbons (Fsp3) is 0.909. The Balaban J connectivity index is 0. The maximum atomic E-state index is 11.8. The van der Waals surface area contributed by atoms with Gasteiger partial charge in [0.2, 0.25) is 5.91 Å². The molecule has 0 spiro atoms. The SMILES string of the molecule is CC(COO)C(C)C(=O)NC(C)C(C)(C)O.II. The van der Waals surface area contributed by atoms with Crippen molar-refractivity contribution in [1.82, 2.24) is 5.32 Å². The number of amides is 1. The van der Waals surface area contributed by atoms with E-state index in [1.807, 2.05) is 6.92 Å². The summed E-state index contributed by atoms with van der Waals surface area (Å²) in [7, 11) is 0. The van der Waals surface area contributed by atoms with E-state index in [2.05, 4.69) is 47.4 Å². The van der Waals surface area contributed by atoms with E-state index in [-0.39, 0.29) is 30.4 Å². The van der Waals surface area contributed by atoms with Crippen LogP contribution in [0, 0.1) is 11.8 Å². The van der Waals surface area contributed by atoms with Gasteiger partial charge in [0.15, 0.2) is 0 Å². The Kier molecular flexibility index (Phi) is 12.4. The van der Waals surface area contributed by atoms with E-state index in [1.54, 1.807) is 27.7 Å². The first kappa shape index (κ1) is 21.1. The number of carbonyl (C=O) groups excluding carboxylic acids is 1. The second-order valence-electron chi connectivity index (χ2n) is 4.95. The number of rotatable bonds is 6. The maximum absolute atomic E-state index is 11.8. The zero-order chi connectivity index (χ0) is 14.9. The van der Waals surface area contributed by atoms with Gasteiger partial charge in [0.05, 0.1) is 18.2 Å². The van der Waals surface area contributed by atoms with Crippen LogP contribution in [-0.4, -0.2) is 34.5 Å². The second-order valence-corrected chi connectivity index (χ2v) is 4.95. The fourth-order valence-corrected chi connectivity index (χ4v) is 1.04. The first-order valence-corrected chi connectivity index (χ1v) is 11.9. The van der Waals surface area contributed by atoms with Crippen molar-refractivity contribution in [3.63, 3.8) is 0 Å². The highest BCUT2D eigenvalue weighted by Crippen LogP contribution is 2.13. The monoisotopic (exact) mass is 487 g/mol. The van der Waals surface area contributed by atoms with Crippen LogP contribution in [0.1, 0.15) is 34.6 Å². The summed E-state index contributed by atoms with van der Waals surface area (Å²) in [5.74, 6) is -0.518. The van der Waals surface area contributed by atoms with Gasteiger partial charge in [-0.1, -0.05) is 13.8 Å². The van der Waals surface area contributed by atoms with Gasteiger partial charge in [-0.05, 0) is 26.7 Å². The molecule has 3 atom stereocenters. The van der Waals surface area contributed by atoms with Crippen LogP contribution in [0.5, 0.6) is 0 Å². The third-order valence-electron chi connectivity index (χ3n) is 3.02. The molecule has 5 nitrogen and oxygen atoms in total. The van der Waals surface area contributed by atoms with Gasteiger partial charge in [0, 0.05) is 43.1 Å². The molecule has 0 aromatic heterocycles. The number of aliphatic hydroxyl groups is 1. The van der Waals surface area contributed by atoms with E-state index in [9.17, 15) is 9.90 Å². The van der Waals surface area contributed by atoms with Gasteiger partial charge >= 0.3 is 0 Å². The highest BCUT2D eigenvalue weighted by Gasteiger charge is 2.27. The lowest BCUT2D eigenvalue weighted by Gasteiger charge is -2.29. The lowest BCUT2D eigenvalue weighted by molar-refractivity contribution is -0.252. The van der Waals surface area contributed by atoms with Gasteiger partial charge in [0.1, 0.15) is 0 Å². The van der Waals surface area contributed by atoms with Gasteiger partial charge in [-0.3, -0.25) is 10.1 Å². The second kappa shape index (κ2) is 10.6. The molecule has 3 unspecified atom stereocenters. The average molecular weight is 487 g/mol. The van der Waals surface area contributed by atoms with E-state index in [0.717, 1.165) is 0 Å². The summed E-state index contributed by atoms with van der Waals surface area (Å²) in [6.07, 6.45) is 0. The van der Waals surface area contributed by atoms with Crippen LogP contribution in [0.15, 0.2) is 0 Å². The molecule has 1 amide bonds. The molecule has 0 heterocycles. The summed E-state index contributed by atoms with van der Waals surface area (Å²) in [6.45, 7) is 8.72. The lowest BCUT2D eigenvalue weighted by Crippen LogP contribution is -2.49. The van der Waals surface area contributed by atoms with Crippen LogP contribution in [0.4, 0.5) is 0 Å². The third-order valence-corrected chi connectivity index (χ3v) is 3.02. The zero-order valence-electron chi connectivity index (χ0n) is 11.4. The van der Waals surface area contributed by atoms with Crippen LogP contribution < -0.4 is 5.32 Å². The molecular formula is C11H23I2NO4. The van der Waals surface area contributed by atoms with Crippen LogP contribution in [0.25, 0.3) is 0 Å². The largest absolute Gasteiger partial charge is 0.388 e. The van der Waals surface area contributed by atoms with Gasteiger partial charge < -0.3 is 10.4 Å². The van der Waals surface area contributed by atoms with Gasteiger partial charge in [-0.25, -0.2) is 4.89 Å². The Bertz CT molecular complexity index is 234. The van der Waals surface area contributed by atoms with Gasteiger partial charge in [-0.2, -0.15) is 0 Å². The van der Waals surface area contributed by atoms with E-state index in [4.69, 9.17) is 5.26 Å². The molecule has 18 heavy (non-hydrogen) atoms. The molecule has 0 aliphatic heterocycles. The van der Waals surface area contributed by atoms with Gasteiger partial charge in [-0.15, -0.1) is 0 Å². The van der Waals surface area contributed by atoms with E-state index >= 15 is 0 Å². The predicted molar refractivity (Wildman–Crippen MR) is 88.9 cm³/mol. The number of carbonyl (C=O) groups is 1. The summed E-state index contributed by atoms with van der Waals surface area (Å²) < 4.78 is 0. The molecule has 0 radical (unpaired) electrons.